The van der Waals surface area contributed by atoms with Gasteiger partial charge in [-0.25, -0.2) is 0 Å². The molecule has 0 spiro atoms. The summed E-state index contributed by atoms with van der Waals surface area (Å²) in [6.45, 7) is 47.4. The van der Waals surface area contributed by atoms with Gasteiger partial charge in [-0.05, 0) is 172 Å². The quantitative estimate of drug-likeness (QED) is 0.0481. The summed E-state index contributed by atoms with van der Waals surface area (Å²) in [6, 6.07) is 31.8. The van der Waals surface area contributed by atoms with Gasteiger partial charge < -0.3 is 39.4 Å². The Bertz CT molecular complexity index is 2710. The van der Waals surface area contributed by atoms with E-state index >= 15 is 0 Å². The highest BCUT2D eigenvalue weighted by Gasteiger charge is 2.44. The molecule has 2 aliphatic rings. The Kier molecular flexibility index (Phi) is 35.3. The number of ether oxygens (including phenoxy) is 4. The molecule has 4 N–H and O–H groups in total. The van der Waals surface area contributed by atoms with Crippen LogP contribution < -0.4 is 0 Å². The van der Waals surface area contributed by atoms with Crippen LogP contribution in [0.1, 0.15) is 259 Å². The van der Waals surface area contributed by atoms with Crippen LogP contribution >= 0.6 is 0 Å². The number of hydrogen-bond donors (Lipinski definition) is 4. The van der Waals surface area contributed by atoms with Crippen LogP contribution in [0.2, 0.25) is 49.9 Å². The molecule has 2 heterocycles. The molecule has 6 atom stereocenters. The lowest BCUT2D eigenvalue weighted by Gasteiger charge is -2.38. The van der Waals surface area contributed by atoms with Crippen molar-refractivity contribution >= 4 is 24.2 Å². The second-order valence-electron chi connectivity index (χ2n) is 27.6. The Balaban J connectivity index is 0.000000317. The van der Waals surface area contributed by atoms with E-state index in [1.807, 2.05) is 79.7 Å². The minimum Gasteiger partial charge on any atom is -0.393 e. The summed E-state index contributed by atoms with van der Waals surface area (Å²) in [5.41, 5.74) is 24.9. The van der Waals surface area contributed by atoms with Crippen LogP contribution in [0.3, 0.4) is 0 Å². The zero-order chi connectivity index (χ0) is 67.4. The minimum atomic E-state index is -1.70. The van der Waals surface area contributed by atoms with Crippen LogP contribution in [0, 0.1) is 46.7 Å². The first-order valence-corrected chi connectivity index (χ1v) is 40.9. The maximum Gasteiger partial charge on any atom is 0.158 e. The average molecular weight is 1280 g/mol. The Hall–Kier alpha value is -4.55. The van der Waals surface area contributed by atoms with E-state index in [9.17, 15) is 15.3 Å². The average Bonchev–Trinajstić information content (AvgIpc) is 1.08. The van der Waals surface area contributed by atoms with Crippen LogP contribution in [0.5, 0.6) is 0 Å². The largest absolute Gasteiger partial charge is 0.393 e. The Labute approximate surface area is 551 Å². The molecule has 0 aromatic heterocycles. The van der Waals surface area contributed by atoms with Gasteiger partial charge in [0, 0.05) is 35.5 Å². The van der Waals surface area contributed by atoms with E-state index in [1.165, 1.54) is 12.0 Å². The second kappa shape index (κ2) is 39.9. The zero-order valence-electron chi connectivity index (χ0n) is 59.4. The first-order valence-electron chi connectivity index (χ1n) is 34.2. The topological polar surface area (TPSA) is 118 Å². The smallest absolute Gasteiger partial charge is 0.158 e. The Morgan fingerprint density at radius 3 is 0.944 bits per heavy atom. The van der Waals surface area contributed by atoms with Crippen molar-refractivity contribution in [3.63, 3.8) is 0 Å². The van der Waals surface area contributed by atoms with E-state index in [2.05, 4.69) is 196 Å². The second-order valence-corrected chi connectivity index (χ2v) is 44.4. The monoisotopic (exact) mass is 1280 g/mol. The molecule has 2 fully saturated rings. The summed E-state index contributed by atoms with van der Waals surface area (Å²) in [5, 5.41) is 37.9. The highest BCUT2D eigenvalue weighted by Crippen LogP contribution is 2.43. The summed E-state index contributed by atoms with van der Waals surface area (Å²) in [5.74, 6) is 12.9. The summed E-state index contributed by atoms with van der Waals surface area (Å²) < 4.78 is 23.3. The van der Waals surface area contributed by atoms with Crippen molar-refractivity contribution < 1.29 is 39.4 Å². The number of aliphatic hydroxyl groups excluding tert-OH is 4. The van der Waals surface area contributed by atoms with Crippen molar-refractivity contribution in [2.75, 3.05) is 26.4 Å². The van der Waals surface area contributed by atoms with Crippen molar-refractivity contribution in [3.8, 4) is 46.7 Å². The molecule has 0 aliphatic carbocycles. The van der Waals surface area contributed by atoms with Gasteiger partial charge in [0.05, 0.1) is 25.4 Å². The van der Waals surface area contributed by atoms with Crippen molar-refractivity contribution in [2.24, 2.45) is 0 Å². The van der Waals surface area contributed by atoms with Crippen LogP contribution in [0.4, 0.5) is 0 Å². The molecule has 4 aromatic rings. The predicted molar refractivity (Wildman–Crippen MR) is 387 cm³/mol. The van der Waals surface area contributed by atoms with Gasteiger partial charge >= 0.3 is 0 Å². The number of terminal acetylenes is 1. The van der Waals surface area contributed by atoms with Crippen molar-refractivity contribution in [3.05, 3.63) is 142 Å². The van der Waals surface area contributed by atoms with E-state index in [0.717, 1.165) is 97.1 Å². The maximum atomic E-state index is 9.87. The molecule has 6 rings (SSSR count). The van der Waals surface area contributed by atoms with E-state index in [0.29, 0.717) is 49.9 Å². The number of hydrogen-bond acceptors (Lipinski definition) is 8. The Morgan fingerprint density at radius 2 is 0.689 bits per heavy atom. The fourth-order valence-electron chi connectivity index (χ4n) is 14.0. The molecular weight excluding hydrogens is 1160 g/mol. The molecule has 4 aromatic carbocycles. The van der Waals surface area contributed by atoms with Gasteiger partial charge in [0.1, 0.15) is 36.4 Å². The molecule has 0 saturated carbocycles. The van der Waals surface area contributed by atoms with Gasteiger partial charge in [0.15, 0.2) is 12.6 Å². The third-order valence-electron chi connectivity index (χ3n) is 19.2. The fourth-order valence-corrected chi connectivity index (χ4v) is 29.7. The summed E-state index contributed by atoms with van der Waals surface area (Å²) >= 11 is 0. The highest BCUT2D eigenvalue weighted by molar-refractivity contribution is 6.91. The predicted octanol–water partition coefficient (Wildman–Crippen LogP) is 19.5. The van der Waals surface area contributed by atoms with Crippen LogP contribution in [-0.4, -0.2) is 83.7 Å². The van der Waals surface area contributed by atoms with E-state index in [1.54, 1.807) is 0 Å². The molecule has 11 heteroatoms. The first kappa shape index (κ1) is 79.7. The molecule has 2 aliphatic heterocycles. The van der Waals surface area contributed by atoms with Crippen LogP contribution in [-0.2, 0) is 18.9 Å². The van der Waals surface area contributed by atoms with E-state index in [-0.39, 0.29) is 44.1 Å². The summed E-state index contributed by atoms with van der Waals surface area (Å²) in [7, 11) is -5.05. The normalized spacial score (nSPS) is 16.7. The molecule has 496 valence electrons. The zero-order valence-corrected chi connectivity index (χ0v) is 62.4. The van der Waals surface area contributed by atoms with Crippen molar-refractivity contribution in [2.45, 2.75) is 277 Å². The SMILES string of the molecule is C#Cc1ccc([C@H](CO)OC2CCCCO2)cc1.CC(C)[Si](C#Cc1ccc([C@@H](O)CO)cc1)(C(C)C)C(C)C.CC[C@H](O)c1ccc(C#C[Si](C(C)C)(C(C)C)C(C)C)cc1.CC[C@H](OC1CCCCO1)c1ccc(C#C[Si](C(C)C)(C(C)C)C(C)C)cc1. The molecule has 2 saturated heterocycles. The summed E-state index contributed by atoms with van der Waals surface area (Å²) in [4.78, 5) is 0. The minimum absolute atomic E-state index is 0.0482. The number of rotatable bonds is 21. The fraction of sp³-hybridized carbons (Fsp3) is 0.595. The number of benzene rings is 4. The van der Waals surface area contributed by atoms with E-state index < -0.39 is 30.3 Å². The summed E-state index contributed by atoms with van der Waals surface area (Å²) in [6.07, 6.45) is 11.8. The standard InChI is InChI=1S/C25H40O2Si.C20H32OSi.C19H30O2Si.C15H18O3/c1-8-24(27-25-11-9-10-17-26-25)23-14-12-22(13-15-23)16-18-28(19(2)3,20(4)5)21(6)7;1-8-20(21)19-11-9-18(10-12-19)13-14-22(15(2)3,16(4)5)17(6)7;1-14(2)22(15(3)4,16(5)6)12-11-17-7-9-18(10-8-17)19(21)13-20;1-2-12-6-8-13(9-7-12)14(11-16)18-15-5-3-4-10-17-15/h12-15,19-21,24-25H,8-11,17H2,1-7H3;9-12,15-17,20-21H,8H2,1-7H3;7-10,14-16,19-21H,13H2,1-6H3;1,6-9,14-16H,3-5,10-11H2/t24-,25?;20-;19-;14-,15?/m0000/s1. The van der Waals surface area contributed by atoms with Crippen molar-refractivity contribution in [1.29, 1.82) is 0 Å². The van der Waals surface area contributed by atoms with Gasteiger partial charge in [-0.3, -0.25) is 0 Å². The number of aliphatic hydroxyl groups is 4. The highest BCUT2D eigenvalue weighted by atomic mass is 28.3. The van der Waals surface area contributed by atoms with Crippen molar-refractivity contribution in [1.82, 2.24) is 0 Å². The third-order valence-corrected chi connectivity index (χ3v) is 38.1. The van der Waals surface area contributed by atoms with Crippen LogP contribution in [0.15, 0.2) is 97.1 Å². The molecular formula is C79H120O8Si3. The molecule has 8 nitrogen and oxygen atoms in total. The molecule has 0 amide bonds. The van der Waals surface area contributed by atoms with Crippen LogP contribution in [0.25, 0.3) is 0 Å². The lowest BCUT2D eigenvalue weighted by molar-refractivity contribution is -0.196. The molecule has 90 heavy (non-hydrogen) atoms. The Morgan fingerprint density at radius 1 is 0.400 bits per heavy atom. The first-order chi connectivity index (χ1) is 42.6. The van der Waals surface area contributed by atoms with E-state index in [4.69, 9.17) is 30.5 Å². The molecule has 0 radical (unpaired) electrons. The molecule has 2 unspecified atom stereocenters. The molecule has 0 bridgehead atoms. The van der Waals surface area contributed by atoms with Gasteiger partial charge in [-0.2, -0.15) is 0 Å². The lowest BCUT2D eigenvalue weighted by atomic mass is 10.0. The van der Waals surface area contributed by atoms with Gasteiger partial charge in [-0.15, -0.1) is 23.1 Å². The maximum absolute atomic E-state index is 9.87. The van der Waals surface area contributed by atoms with Gasteiger partial charge in [0.2, 0.25) is 0 Å². The third kappa shape index (κ3) is 22.9. The van der Waals surface area contributed by atoms with Gasteiger partial charge in [-0.1, -0.05) is 211 Å². The lowest BCUT2D eigenvalue weighted by Crippen LogP contribution is -2.43. The van der Waals surface area contributed by atoms with Gasteiger partial charge in [0.25, 0.3) is 0 Å².